The van der Waals surface area contributed by atoms with Crippen LogP contribution < -0.4 is 9.64 Å². The first-order valence-corrected chi connectivity index (χ1v) is 7.57. The Morgan fingerprint density at radius 2 is 2.13 bits per heavy atom. The number of hydrogen-bond acceptors (Lipinski definition) is 7. The third-order valence-electron chi connectivity index (χ3n) is 3.59. The largest absolute Gasteiger partial charge is 0.478 e. The molecule has 9 nitrogen and oxygen atoms in total. The van der Waals surface area contributed by atoms with Crippen LogP contribution in [-0.2, 0) is 11.3 Å². The summed E-state index contributed by atoms with van der Waals surface area (Å²) in [6, 6.07) is 1.74. The molecule has 0 radical (unpaired) electrons. The van der Waals surface area contributed by atoms with Crippen molar-refractivity contribution in [1.29, 1.82) is 0 Å². The van der Waals surface area contributed by atoms with Gasteiger partial charge in [-0.25, -0.2) is 14.6 Å². The van der Waals surface area contributed by atoms with E-state index in [1.165, 1.54) is 11.0 Å². The van der Waals surface area contributed by atoms with E-state index >= 15 is 0 Å². The Morgan fingerprint density at radius 1 is 1.30 bits per heavy atom. The molecule has 0 aliphatic carbocycles. The number of piperazine rings is 1. The van der Waals surface area contributed by atoms with Crippen LogP contribution in [0.2, 0.25) is 0 Å². The Kier molecular flexibility index (Phi) is 4.65. The molecule has 0 unspecified atom stereocenters. The lowest BCUT2D eigenvalue weighted by Crippen LogP contribution is -2.50. The summed E-state index contributed by atoms with van der Waals surface area (Å²) in [5.74, 6) is 1.25. The number of rotatable bonds is 5. The van der Waals surface area contributed by atoms with E-state index in [-0.39, 0.29) is 12.5 Å². The lowest BCUT2D eigenvalue weighted by atomic mass is 10.3. The summed E-state index contributed by atoms with van der Waals surface area (Å²) in [7, 11) is 0. The molecule has 0 N–H and O–H groups in total. The van der Waals surface area contributed by atoms with Gasteiger partial charge in [0.1, 0.15) is 19.2 Å². The molecular formula is C14H19N7O2. The van der Waals surface area contributed by atoms with Crippen LogP contribution in [0.5, 0.6) is 5.88 Å². The number of hydrogen-bond donors (Lipinski definition) is 0. The number of ether oxygens (including phenoxy) is 1. The standard InChI is InChI=1S/C14H19N7O2/c1-2-23-12-3-4-16-14(18-12)20-7-5-19(6-8-20)13(22)9-21-11-15-10-17-21/h3-4,10-11H,2,5-9H2,1H3. The maximum absolute atomic E-state index is 12.2. The Morgan fingerprint density at radius 3 is 2.83 bits per heavy atom. The van der Waals surface area contributed by atoms with Crippen LogP contribution in [0.1, 0.15) is 6.92 Å². The molecule has 1 saturated heterocycles. The number of amides is 1. The van der Waals surface area contributed by atoms with Crippen LogP contribution in [0.3, 0.4) is 0 Å². The number of nitrogens with zero attached hydrogens (tertiary/aromatic N) is 7. The Balaban J connectivity index is 1.55. The lowest BCUT2D eigenvalue weighted by Gasteiger charge is -2.34. The van der Waals surface area contributed by atoms with E-state index in [1.54, 1.807) is 18.6 Å². The summed E-state index contributed by atoms with van der Waals surface area (Å²) in [6.07, 6.45) is 4.66. The first-order chi connectivity index (χ1) is 11.3. The molecule has 0 spiro atoms. The topological polar surface area (TPSA) is 89.3 Å². The Hall–Kier alpha value is -2.71. The molecule has 2 aromatic heterocycles. The highest BCUT2D eigenvalue weighted by Gasteiger charge is 2.23. The van der Waals surface area contributed by atoms with Crippen LogP contribution in [0, 0.1) is 0 Å². The molecule has 1 aliphatic heterocycles. The van der Waals surface area contributed by atoms with Gasteiger partial charge in [-0.05, 0) is 6.92 Å². The first-order valence-electron chi connectivity index (χ1n) is 7.57. The van der Waals surface area contributed by atoms with Crippen molar-refractivity contribution in [2.75, 3.05) is 37.7 Å². The zero-order chi connectivity index (χ0) is 16.1. The highest BCUT2D eigenvalue weighted by molar-refractivity contribution is 5.76. The van der Waals surface area contributed by atoms with Crippen LogP contribution in [0.25, 0.3) is 0 Å². The van der Waals surface area contributed by atoms with Crippen molar-refractivity contribution < 1.29 is 9.53 Å². The number of anilines is 1. The molecule has 3 rings (SSSR count). The molecule has 3 heterocycles. The van der Waals surface area contributed by atoms with Crippen molar-refractivity contribution in [2.45, 2.75) is 13.5 Å². The van der Waals surface area contributed by atoms with Crippen molar-refractivity contribution >= 4 is 11.9 Å². The third kappa shape index (κ3) is 3.74. The Bertz CT molecular complexity index is 638. The van der Waals surface area contributed by atoms with Crippen LogP contribution >= 0.6 is 0 Å². The van der Waals surface area contributed by atoms with Crippen molar-refractivity contribution in [3.05, 3.63) is 24.9 Å². The van der Waals surface area contributed by atoms with E-state index in [0.29, 0.717) is 44.6 Å². The van der Waals surface area contributed by atoms with E-state index in [0.717, 1.165) is 0 Å². The predicted octanol–water partition coefficient (Wildman–Crippen LogP) is -0.184. The van der Waals surface area contributed by atoms with Gasteiger partial charge in [0.25, 0.3) is 0 Å². The van der Waals surface area contributed by atoms with Gasteiger partial charge in [-0.3, -0.25) is 4.79 Å². The molecule has 1 aliphatic rings. The highest BCUT2D eigenvalue weighted by Crippen LogP contribution is 2.15. The zero-order valence-electron chi connectivity index (χ0n) is 13.0. The fraction of sp³-hybridized carbons (Fsp3) is 0.500. The maximum Gasteiger partial charge on any atom is 0.244 e. The average Bonchev–Trinajstić information content (AvgIpc) is 3.08. The van der Waals surface area contributed by atoms with Gasteiger partial charge in [0, 0.05) is 38.4 Å². The zero-order valence-corrected chi connectivity index (χ0v) is 13.0. The number of carbonyl (C=O) groups excluding carboxylic acids is 1. The second-order valence-electron chi connectivity index (χ2n) is 5.09. The minimum absolute atomic E-state index is 0.0409. The second-order valence-corrected chi connectivity index (χ2v) is 5.09. The molecule has 2 aromatic rings. The van der Waals surface area contributed by atoms with Gasteiger partial charge in [-0.15, -0.1) is 0 Å². The molecule has 9 heteroatoms. The van der Waals surface area contributed by atoms with Gasteiger partial charge in [0.15, 0.2) is 0 Å². The second kappa shape index (κ2) is 7.03. The summed E-state index contributed by atoms with van der Waals surface area (Å²) in [5.41, 5.74) is 0. The van der Waals surface area contributed by atoms with E-state index in [1.807, 2.05) is 11.8 Å². The molecule has 0 saturated carbocycles. The third-order valence-corrected chi connectivity index (χ3v) is 3.59. The molecule has 1 fully saturated rings. The maximum atomic E-state index is 12.2. The fourth-order valence-electron chi connectivity index (χ4n) is 2.42. The van der Waals surface area contributed by atoms with E-state index in [2.05, 4.69) is 25.0 Å². The normalized spacial score (nSPS) is 14.8. The van der Waals surface area contributed by atoms with Crippen molar-refractivity contribution in [2.24, 2.45) is 0 Å². The quantitative estimate of drug-likeness (QED) is 0.755. The minimum atomic E-state index is 0.0409. The smallest absolute Gasteiger partial charge is 0.244 e. The summed E-state index contributed by atoms with van der Waals surface area (Å²) >= 11 is 0. The fourth-order valence-corrected chi connectivity index (χ4v) is 2.42. The van der Waals surface area contributed by atoms with E-state index < -0.39 is 0 Å². The molecule has 0 atom stereocenters. The summed E-state index contributed by atoms with van der Waals surface area (Å²) in [6.45, 7) is 5.36. The number of aromatic nitrogens is 5. The van der Waals surface area contributed by atoms with Gasteiger partial charge >= 0.3 is 0 Å². The Labute approximate surface area is 133 Å². The van der Waals surface area contributed by atoms with E-state index in [4.69, 9.17) is 4.74 Å². The van der Waals surface area contributed by atoms with Gasteiger partial charge in [-0.1, -0.05) is 0 Å². The molecule has 0 aromatic carbocycles. The highest BCUT2D eigenvalue weighted by atomic mass is 16.5. The van der Waals surface area contributed by atoms with Gasteiger partial charge in [0.05, 0.1) is 6.61 Å². The molecular weight excluding hydrogens is 298 g/mol. The summed E-state index contributed by atoms with van der Waals surface area (Å²) in [5, 5.41) is 3.95. The van der Waals surface area contributed by atoms with Crippen molar-refractivity contribution in [1.82, 2.24) is 29.6 Å². The molecule has 23 heavy (non-hydrogen) atoms. The van der Waals surface area contributed by atoms with Crippen LogP contribution in [-0.4, -0.2) is 68.3 Å². The van der Waals surface area contributed by atoms with E-state index in [9.17, 15) is 4.79 Å². The monoisotopic (exact) mass is 317 g/mol. The molecule has 1 amide bonds. The lowest BCUT2D eigenvalue weighted by molar-refractivity contribution is -0.132. The van der Waals surface area contributed by atoms with Crippen LogP contribution in [0.15, 0.2) is 24.9 Å². The molecule has 122 valence electrons. The summed E-state index contributed by atoms with van der Waals surface area (Å²) < 4.78 is 6.93. The minimum Gasteiger partial charge on any atom is -0.478 e. The first kappa shape index (κ1) is 15.2. The van der Waals surface area contributed by atoms with Crippen LogP contribution in [0.4, 0.5) is 5.95 Å². The SMILES string of the molecule is CCOc1ccnc(N2CCN(C(=O)Cn3cncn3)CC2)n1. The van der Waals surface area contributed by atoms with Gasteiger partial charge in [0.2, 0.25) is 17.7 Å². The van der Waals surface area contributed by atoms with Gasteiger partial charge in [-0.2, -0.15) is 10.1 Å². The number of carbonyl (C=O) groups is 1. The predicted molar refractivity (Wildman–Crippen MR) is 82.0 cm³/mol. The van der Waals surface area contributed by atoms with Crippen molar-refractivity contribution in [3.8, 4) is 5.88 Å². The van der Waals surface area contributed by atoms with Crippen molar-refractivity contribution in [3.63, 3.8) is 0 Å². The molecule has 0 bridgehead atoms. The summed E-state index contributed by atoms with van der Waals surface area (Å²) in [4.78, 5) is 28.6. The average molecular weight is 317 g/mol. The van der Waals surface area contributed by atoms with Gasteiger partial charge < -0.3 is 14.5 Å².